The van der Waals surface area contributed by atoms with Crippen LogP contribution in [0.5, 0.6) is 0 Å². The Kier molecular flexibility index (Phi) is 2.31. The first-order valence-electron chi connectivity index (χ1n) is 5.08. The highest BCUT2D eigenvalue weighted by Gasteiger charge is 2.45. The average molecular weight is 178 g/mol. The lowest BCUT2D eigenvalue weighted by atomic mass is 9.79. The minimum atomic E-state index is 0.642. The first-order chi connectivity index (χ1) is 6.24. The molecule has 13 heavy (non-hydrogen) atoms. The minimum Gasteiger partial charge on any atom is -0.305 e. The van der Waals surface area contributed by atoms with Gasteiger partial charge in [-0.1, -0.05) is 0 Å². The summed E-state index contributed by atoms with van der Waals surface area (Å²) in [6.45, 7) is 6.22. The monoisotopic (exact) mass is 178 g/mol. The summed E-state index contributed by atoms with van der Waals surface area (Å²) in [4.78, 5) is 4.93. The Morgan fingerprint density at radius 2 is 2.15 bits per heavy atom. The van der Waals surface area contributed by atoms with Gasteiger partial charge in [-0.3, -0.25) is 0 Å². The van der Waals surface area contributed by atoms with Crippen molar-refractivity contribution in [3.63, 3.8) is 0 Å². The lowest BCUT2D eigenvalue weighted by molar-refractivity contribution is 0.0310. The van der Waals surface area contributed by atoms with E-state index in [9.17, 15) is 0 Å². The molecule has 2 heterocycles. The molecule has 2 rings (SSSR count). The average Bonchev–Trinajstić information content (AvgIpc) is 2.45. The minimum absolute atomic E-state index is 0.642. The molecule has 72 valence electrons. The summed E-state index contributed by atoms with van der Waals surface area (Å²) in [7, 11) is 2.20. The van der Waals surface area contributed by atoms with Crippen LogP contribution in [0.4, 0.5) is 0 Å². The quantitative estimate of drug-likeness (QED) is 0.573. The van der Waals surface area contributed by atoms with Crippen LogP contribution >= 0.6 is 0 Å². The predicted molar refractivity (Wildman–Crippen MR) is 54.4 cm³/mol. The van der Waals surface area contributed by atoms with Crippen LogP contribution < -0.4 is 0 Å². The van der Waals surface area contributed by atoms with Crippen molar-refractivity contribution in [1.29, 1.82) is 0 Å². The molecule has 0 amide bonds. The van der Waals surface area contributed by atoms with Crippen molar-refractivity contribution in [3.05, 3.63) is 0 Å². The predicted octanol–water partition coefficient (Wildman–Crippen LogP) is 0.647. The molecule has 0 aromatic rings. The Bertz CT molecular complexity index is 223. The molecule has 2 heteroatoms. The van der Waals surface area contributed by atoms with E-state index >= 15 is 0 Å². The Morgan fingerprint density at radius 1 is 1.38 bits per heavy atom. The summed E-state index contributed by atoms with van der Waals surface area (Å²) in [6.07, 6.45) is 7.54. The van der Waals surface area contributed by atoms with Gasteiger partial charge in [0.1, 0.15) is 0 Å². The summed E-state index contributed by atoms with van der Waals surface area (Å²) >= 11 is 0. The fourth-order valence-electron chi connectivity index (χ4n) is 2.80. The third-order valence-electron chi connectivity index (χ3n) is 3.30. The molecule has 0 radical (unpaired) electrons. The molecule has 0 aliphatic carbocycles. The molecule has 2 fully saturated rings. The van der Waals surface area contributed by atoms with Crippen molar-refractivity contribution >= 4 is 0 Å². The molecule has 0 bridgehead atoms. The van der Waals surface area contributed by atoms with Gasteiger partial charge in [0.2, 0.25) is 0 Å². The summed E-state index contributed by atoms with van der Waals surface area (Å²) in [6, 6.07) is 0. The normalized spacial score (nSPS) is 27.4. The zero-order valence-electron chi connectivity index (χ0n) is 8.42. The summed E-state index contributed by atoms with van der Waals surface area (Å²) in [5, 5.41) is 0. The van der Waals surface area contributed by atoms with E-state index in [1.807, 2.05) is 0 Å². The van der Waals surface area contributed by atoms with Crippen LogP contribution in [0, 0.1) is 17.8 Å². The first kappa shape index (κ1) is 9.05. The van der Waals surface area contributed by atoms with Crippen molar-refractivity contribution in [2.75, 3.05) is 39.8 Å². The summed E-state index contributed by atoms with van der Waals surface area (Å²) in [5.74, 6) is 2.71. The molecule has 0 unspecified atom stereocenters. The lowest BCUT2D eigenvalue weighted by Gasteiger charge is -2.46. The highest BCUT2D eigenvalue weighted by molar-refractivity contribution is 5.00. The molecular weight excluding hydrogens is 160 g/mol. The molecule has 0 saturated carbocycles. The van der Waals surface area contributed by atoms with Crippen molar-refractivity contribution in [3.8, 4) is 12.3 Å². The number of terminal acetylenes is 1. The van der Waals surface area contributed by atoms with Gasteiger partial charge in [-0.05, 0) is 20.0 Å². The van der Waals surface area contributed by atoms with E-state index < -0.39 is 0 Å². The van der Waals surface area contributed by atoms with Gasteiger partial charge in [-0.25, -0.2) is 0 Å². The van der Waals surface area contributed by atoms with Gasteiger partial charge >= 0.3 is 0 Å². The van der Waals surface area contributed by atoms with Gasteiger partial charge in [0.25, 0.3) is 0 Å². The molecule has 0 N–H and O–H groups in total. The van der Waals surface area contributed by atoms with E-state index in [-0.39, 0.29) is 0 Å². The molecule has 2 nitrogen and oxygen atoms in total. The van der Waals surface area contributed by atoms with E-state index in [2.05, 4.69) is 22.8 Å². The Labute approximate surface area is 80.9 Å². The smallest absolute Gasteiger partial charge is 0.0214 e. The summed E-state index contributed by atoms with van der Waals surface area (Å²) < 4.78 is 0. The van der Waals surface area contributed by atoms with Crippen LogP contribution in [0.15, 0.2) is 0 Å². The zero-order chi connectivity index (χ0) is 9.31. The van der Waals surface area contributed by atoms with Crippen LogP contribution in [0.2, 0.25) is 0 Å². The number of hydrogen-bond donors (Lipinski definition) is 0. The van der Waals surface area contributed by atoms with Gasteiger partial charge in [-0.15, -0.1) is 12.3 Å². The topological polar surface area (TPSA) is 6.48 Å². The number of hydrogen-bond acceptors (Lipinski definition) is 2. The molecule has 2 saturated heterocycles. The SMILES string of the molecule is C#CCCN1CCC2(CN(C)C2)C1. The van der Waals surface area contributed by atoms with Gasteiger partial charge in [0.05, 0.1) is 0 Å². The first-order valence-corrected chi connectivity index (χ1v) is 5.08. The second-order valence-electron chi connectivity index (χ2n) is 4.65. The van der Waals surface area contributed by atoms with Crippen LogP contribution in [-0.2, 0) is 0 Å². The second-order valence-corrected chi connectivity index (χ2v) is 4.65. The van der Waals surface area contributed by atoms with Gasteiger partial charge in [0, 0.05) is 38.0 Å². The molecule has 0 aromatic heterocycles. The van der Waals surface area contributed by atoms with Crippen LogP contribution in [0.3, 0.4) is 0 Å². The standard InChI is InChI=1S/C11H18N2/c1-3-4-6-13-7-5-11(10-13)8-12(2)9-11/h1H,4-10H2,2H3. The van der Waals surface area contributed by atoms with Gasteiger partial charge in [-0.2, -0.15) is 0 Å². The van der Waals surface area contributed by atoms with E-state index in [4.69, 9.17) is 6.42 Å². The maximum atomic E-state index is 5.26. The maximum absolute atomic E-state index is 5.26. The molecule has 0 atom stereocenters. The highest BCUT2D eigenvalue weighted by atomic mass is 15.2. The van der Waals surface area contributed by atoms with Crippen LogP contribution in [0.25, 0.3) is 0 Å². The fraction of sp³-hybridized carbons (Fsp3) is 0.818. The second kappa shape index (κ2) is 3.32. The third kappa shape index (κ3) is 1.72. The lowest BCUT2D eigenvalue weighted by Crippen LogP contribution is -2.55. The highest BCUT2D eigenvalue weighted by Crippen LogP contribution is 2.38. The Balaban J connectivity index is 1.78. The van der Waals surface area contributed by atoms with Crippen molar-refractivity contribution in [1.82, 2.24) is 9.80 Å². The zero-order valence-corrected chi connectivity index (χ0v) is 8.42. The van der Waals surface area contributed by atoms with Crippen LogP contribution in [0.1, 0.15) is 12.8 Å². The largest absolute Gasteiger partial charge is 0.305 e. The number of nitrogens with zero attached hydrogens (tertiary/aromatic N) is 2. The van der Waals surface area contributed by atoms with Gasteiger partial charge in [0.15, 0.2) is 0 Å². The van der Waals surface area contributed by atoms with E-state index in [1.165, 1.54) is 32.6 Å². The molecule has 1 spiro atoms. The number of likely N-dealkylation sites (tertiary alicyclic amines) is 2. The van der Waals surface area contributed by atoms with E-state index in [0.717, 1.165) is 13.0 Å². The molecule has 2 aliphatic heterocycles. The van der Waals surface area contributed by atoms with Gasteiger partial charge < -0.3 is 9.80 Å². The third-order valence-corrected chi connectivity index (χ3v) is 3.30. The Hall–Kier alpha value is -0.520. The van der Waals surface area contributed by atoms with Crippen molar-refractivity contribution in [2.45, 2.75) is 12.8 Å². The number of rotatable bonds is 2. The van der Waals surface area contributed by atoms with E-state index in [1.54, 1.807) is 0 Å². The maximum Gasteiger partial charge on any atom is 0.0214 e. The summed E-state index contributed by atoms with van der Waals surface area (Å²) in [5.41, 5.74) is 0.642. The van der Waals surface area contributed by atoms with Crippen LogP contribution in [-0.4, -0.2) is 49.6 Å². The molecular formula is C11H18N2. The van der Waals surface area contributed by atoms with E-state index in [0.29, 0.717) is 5.41 Å². The fourth-order valence-corrected chi connectivity index (χ4v) is 2.80. The molecule has 2 aliphatic rings. The van der Waals surface area contributed by atoms with Crippen molar-refractivity contribution < 1.29 is 0 Å². The molecule has 0 aromatic carbocycles. The Morgan fingerprint density at radius 3 is 2.77 bits per heavy atom. The van der Waals surface area contributed by atoms with Crippen molar-refractivity contribution in [2.24, 2.45) is 5.41 Å².